The molecule has 7 nitrogen and oxygen atoms in total. The number of carbonyl (C=O) groups excluding carboxylic acids is 1. The van der Waals surface area contributed by atoms with E-state index in [0.717, 1.165) is 11.1 Å². The summed E-state index contributed by atoms with van der Waals surface area (Å²) in [6, 6.07) is 15.3. The first-order chi connectivity index (χ1) is 16.9. The lowest BCUT2D eigenvalue weighted by Gasteiger charge is -2.17. The van der Waals surface area contributed by atoms with Crippen molar-refractivity contribution in [1.29, 1.82) is 0 Å². The lowest BCUT2D eigenvalue weighted by Crippen LogP contribution is -2.07. The number of nitrogens with one attached hydrogen (secondary N) is 1. The average molecular weight is 477 g/mol. The second-order valence-electron chi connectivity index (χ2n) is 8.70. The molecule has 1 amide bonds. The lowest BCUT2D eigenvalue weighted by molar-refractivity contribution is -0.137. The van der Waals surface area contributed by atoms with Crippen molar-refractivity contribution in [3.05, 3.63) is 77.1 Å². The topological polar surface area (TPSA) is 94.1 Å². The van der Waals surface area contributed by atoms with Crippen molar-refractivity contribution in [2.24, 2.45) is 0 Å². The van der Waals surface area contributed by atoms with Crippen molar-refractivity contribution in [3.63, 3.8) is 0 Å². The van der Waals surface area contributed by atoms with Crippen LogP contribution in [0, 0.1) is 5.82 Å². The first-order valence-electron chi connectivity index (χ1n) is 11.4. The summed E-state index contributed by atoms with van der Waals surface area (Å²) in [6.45, 7) is 1.75. The molecule has 35 heavy (non-hydrogen) atoms. The number of benzene rings is 3. The van der Waals surface area contributed by atoms with E-state index < -0.39 is 12.1 Å². The number of hydrogen-bond acceptors (Lipinski definition) is 5. The molecule has 0 aromatic heterocycles. The van der Waals surface area contributed by atoms with Crippen LogP contribution in [0.15, 0.2) is 54.6 Å². The number of rotatable bonds is 7. The number of aliphatic carboxylic acids is 1. The van der Waals surface area contributed by atoms with Crippen molar-refractivity contribution in [2.45, 2.75) is 38.2 Å². The predicted octanol–water partition coefficient (Wildman–Crippen LogP) is 5.59. The van der Waals surface area contributed by atoms with Gasteiger partial charge >= 0.3 is 5.97 Å². The summed E-state index contributed by atoms with van der Waals surface area (Å²) in [5.41, 5.74) is 2.67. The van der Waals surface area contributed by atoms with Crippen molar-refractivity contribution >= 4 is 17.6 Å². The van der Waals surface area contributed by atoms with E-state index >= 15 is 0 Å². The Bertz CT molecular complexity index is 1310. The van der Waals surface area contributed by atoms with Gasteiger partial charge in [0.15, 0.2) is 0 Å². The lowest BCUT2D eigenvalue weighted by atomic mass is 9.98. The van der Waals surface area contributed by atoms with Crippen LogP contribution in [0.2, 0.25) is 0 Å². The molecule has 3 aromatic rings. The van der Waals surface area contributed by atoms with Crippen LogP contribution < -0.4 is 19.5 Å². The molecule has 0 radical (unpaired) electrons. The van der Waals surface area contributed by atoms with E-state index in [9.17, 15) is 14.0 Å². The maximum atomic E-state index is 14.9. The van der Waals surface area contributed by atoms with Crippen LogP contribution in [0.5, 0.6) is 23.0 Å². The van der Waals surface area contributed by atoms with Gasteiger partial charge in [-0.05, 0) is 43.2 Å². The van der Waals surface area contributed by atoms with Crippen LogP contribution in [-0.2, 0) is 16.0 Å². The van der Waals surface area contributed by atoms with Gasteiger partial charge in [0.25, 0.3) is 0 Å². The van der Waals surface area contributed by atoms with Crippen molar-refractivity contribution in [2.75, 3.05) is 11.9 Å². The largest absolute Gasteiger partial charge is 0.492 e. The average Bonchev–Trinajstić information content (AvgIpc) is 3.40. The zero-order chi connectivity index (χ0) is 24.5. The van der Waals surface area contributed by atoms with Crippen molar-refractivity contribution in [3.8, 4) is 23.0 Å². The number of carbonyl (C=O) groups is 2. The molecule has 5 rings (SSSR count). The summed E-state index contributed by atoms with van der Waals surface area (Å²) in [7, 11) is 0. The molecule has 2 aliphatic rings. The summed E-state index contributed by atoms with van der Waals surface area (Å²) >= 11 is 0. The minimum atomic E-state index is -0.871. The van der Waals surface area contributed by atoms with Gasteiger partial charge in [-0.3, -0.25) is 9.59 Å². The molecule has 2 N–H and O–H groups in total. The fourth-order valence-corrected chi connectivity index (χ4v) is 4.70. The van der Waals surface area contributed by atoms with Gasteiger partial charge in [0.2, 0.25) is 5.91 Å². The highest BCUT2D eigenvalue weighted by Crippen LogP contribution is 2.44. The monoisotopic (exact) mass is 477 g/mol. The van der Waals surface area contributed by atoms with E-state index in [1.807, 2.05) is 6.07 Å². The molecule has 0 unspecified atom stereocenters. The second kappa shape index (κ2) is 9.29. The molecular weight excluding hydrogens is 453 g/mol. The number of ether oxygens (including phenoxy) is 3. The molecule has 180 valence electrons. The zero-order valence-corrected chi connectivity index (χ0v) is 19.0. The van der Waals surface area contributed by atoms with E-state index in [1.54, 1.807) is 42.5 Å². The summed E-state index contributed by atoms with van der Waals surface area (Å²) in [5.74, 6) is 0.604. The molecule has 0 spiro atoms. The van der Waals surface area contributed by atoms with Crippen LogP contribution in [0.4, 0.5) is 10.1 Å². The summed E-state index contributed by atoms with van der Waals surface area (Å²) < 4.78 is 32.8. The van der Waals surface area contributed by atoms with Gasteiger partial charge in [0.1, 0.15) is 34.9 Å². The van der Waals surface area contributed by atoms with Gasteiger partial charge in [0.05, 0.1) is 13.0 Å². The van der Waals surface area contributed by atoms with Gasteiger partial charge in [-0.15, -0.1) is 0 Å². The molecule has 3 aromatic carbocycles. The Morgan fingerprint density at radius 1 is 1.14 bits per heavy atom. The smallest absolute Gasteiger partial charge is 0.304 e. The van der Waals surface area contributed by atoms with Crippen LogP contribution in [0.25, 0.3) is 0 Å². The third-order valence-corrected chi connectivity index (χ3v) is 6.19. The summed E-state index contributed by atoms with van der Waals surface area (Å²) in [6.07, 6.45) is 0.678. The Labute approximate surface area is 201 Å². The highest BCUT2D eigenvalue weighted by molar-refractivity contribution is 5.88. The number of fused-ring (bicyclic) bond motifs is 2. The Morgan fingerprint density at radius 3 is 2.80 bits per heavy atom. The van der Waals surface area contributed by atoms with E-state index in [1.165, 1.54) is 13.0 Å². The Kier molecular flexibility index (Phi) is 6.03. The molecule has 1 heterocycles. The SMILES string of the molecule is CC(=O)Nc1cccc(Oc2ccc(F)c3c2CC[C@H]3Oc2ccc3c(c2)OC[C@H]3CC(=O)O)c1. The fraction of sp³-hybridized carbons (Fsp3) is 0.259. The molecule has 0 saturated heterocycles. The normalized spacial score (nSPS) is 17.8. The second-order valence-corrected chi connectivity index (χ2v) is 8.70. The van der Waals surface area contributed by atoms with E-state index in [4.69, 9.17) is 19.3 Å². The van der Waals surface area contributed by atoms with Gasteiger partial charge in [-0.1, -0.05) is 12.1 Å². The van der Waals surface area contributed by atoms with Crippen LogP contribution in [0.3, 0.4) is 0 Å². The maximum absolute atomic E-state index is 14.9. The molecule has 0 bridgehead atoms. The van der Waals surface area contributed by atoms with Crippen LogP contribution in [0.1, 0.15) is 48.5 Å². The number of hydrogen-bond donors (Lipinski definition) is 2. The minimum absolute atomic E-state index is 0.00488. The predicted molar refractivity (Wildman–Crippen MR) is 126 cm³/mol. The van der Waals surface area contributed by atoms with Crippen molar-refractivity contribution in [1.82, 2.24) is 0 Å². The molecule has 2 atom stereocenters. The summed E-state index contributed by atoms with van der Waals surface area (Å²) in [5, 5.41) is 11.8. The molecule has 0 fully saturated rings. The number of carboxylic acids is 1. The van der Waals surface area contributed by atoms with E-state index in [2.05, 4.69) is 5.32 Å². The van der Waals surface area contributed by atoms with Gasteiger partial charge in [-0.2, -0.15) is 0 Å². The Hall–Kier alpha value is -4.07. The highest BCUT2D eigenvalue weighted by atomic mass is 19.1. The number of carboxylic acid groups (broad SMARTS) is 1. The van der Waals surface area contributed by atoms with Gasteiger partial charge in [-0.25, -0.2) is 4.39 Å². The van der Waals surface area contributed by atoms with E-state index in [0.29, 0.717) is 53.7 Å². The first-order valence-corrected chi connectivity index (χ1v) is 11.4. The number of amides is 1. The molecule has 8 heteroatoms. The maximum Gasteiger partial charge on any atom is 0.304 e. The van der Waals surface area contributed by atoms with E-state index in [-0.39, 0.29) is 24.1 Å². The van der Waals surface area contributed by atoms with Crippen molar-refractivity contribution < 1.29 is 33.3 Å². The third-order valence-electron chi connectivity index (χ3n) is 6.19. The standard InChI is InChI=1S/C27H24FNO6/c1-15(30)29-17-3-2-4-18(12-17)34-23-10-8-22(28)27-21(23)7-9-24(27)35-19-5-6-20-16(11-26(31)32)14-33-25(20)13-19/h2-6,8,10,12-13,16,24H,7,9,11,14H2,1H3,(H,29,30)(H,31,32)/t16-,24-/m1/s1. The number of halogens is 1. The number of anilines is 1. The molecular formula is C27H24FNO6. The third kappa shape index (κ3) is 4.77. The van der Waals surface area contributed by atoms with Gasteiger partial charge < -0.3 is 24.6 Å². The highest BCUT2D eigenvalue weighted by Gasteiger charge is 2.32. The Morgan fingerprint density at radius 2 is 2.00 bits per heavy atom. The minimum Gasteiger partial charge on any atom is -0.492 e. The Balaban J connectivity index is 1.35. The quantitative estimate of drug-likeness (QED) is 0.461. The summed E-state index contributed by atoms with van der Waals surface area (Å²) in [4.78, 5) is 22.4. The van der Waals surface area contributed by atoms with Gasteiger partial charge in [0, 0.05) is 47.4 Å². The zero-order valence-electron chi connectivity index (χ0n) is 19.0. The fourth-order valence-electron chi connectivity index (χ4n) is 4.70. The molecule has 1 aliphatic carbocycles. The molecule has 0 saturated carbocycles. The van der Waals surface area contributed by atoms with Crippen LogP contribution in [-0.4, -0.2) is 23.6 Å². The molecule has 1 aliphatic heterocycles. The first kappa shape index (κ1) is 22.7. The van der Waals surface area contributed by atoms with Crippen LogP contribution >= 0.6 is 0 Å².